The third kappa shape index (κ3) is 1.89. The first-order valence-corrected chi connectivity index (χ1v) is 11.8. The molecule has 24 heavy (non-hydrogen) atoms. The lowest BCUT2D eigenvalue weighted by Gasteiger charge is -2.24. The summed E-state index contributed by atoms with van der Waals surface area (Å²) in [6.07, 6.45) is 0. The van der Waals surface area contributed by atoms with Gasteiger partial charge in [-0.3, -0.25) is 0 Å². The van der Waals surface area contributed by atoms with E-state index in [4.69, 9.17) is 0 Å². The smallest absolute Gasteiger partial charge is 0.0663 e. The van der Waals surface area contributed by atoms with Gasteiger partial charge in [-0.2, -0.15) is 0 Å². The molecule has 122 valence electrons. The first-order valence-electron chi connectivity index (χ1n) is 8.00. The molecule has 0 amide bonds. The fourth-order valence-electron chi connectivity index (χ4n) is 4.35. The highest BCUT2D eigenvalue weighted by molar-refractivity contribution is 14.1. The maximum Gasteiger partial charge on any atom is 0.0663 e. The maximum absolute atomic E-state index is 2.50. The Bertz CT molecular complexity index is 950. The quantitative estimate of drug-likeness (QED) is 0.242. The van der Waals surface area contributed by atoms with Gasteiger partial charge in [-0.1, -0.05) is 27.7 Å². The molecule has 0 aliphatic heterocycles. The summed E-state index contributed by atoms with van der Waals surface area (Å²) in [7, 11) is 0. The van der Waals surface area contributed by atoms with Crippen molar-refractivity contribution in [3.63, 3.8) is 0 Å². The van der Waals surface area contributed by atoms with Crippen LogP contribution in [0.25, 0.3) is 20.9 Å². The molecule has 0 unspecified atom stereocenters. The first-order chi connectivity index (χ1) is 11.2. The molecule has 2 aliphatic carbocycles. The van der Waals surface area contributed by atoms with Crippen LogP contribution in [0, 0.1) is 5.77 Å². The molecule has 1 aromatic carbocycles. The minimum Gasteiger partial charge on any atom is -0.129 e. The molecule has 5 rings (SSSR count). The van der Waals surface area contributed by atoms with Gasteiger partial charge in [0.1, 0.15) is 0 Å². The van der Waals surface area contributed by atoms with Gasteiger partial charge in [-0.25, -0.2) is 0 Å². The van der Waals surface area contributed by atoms with Gasteiger partial charge in [-0.05, 0) is 103 Å². The van der Waals surface area contributed by atoms with Crippen LogP contribution in [-0.4, -0.2) is 0 Å². The molecular weight excluding hydrogens is 558 g/mol. The molecule has 0 radical (unpaired) electrons. The molecule has 0 N–H and O–H groups in total. The Labute approximate surface area is 178 Å². The van der Waals surface area contributed by atoms with Gasteiger partial charge in [0, 0.05) is 20.6 Å². The van der Waals surface area contributed by atoms with Crippen LogP contribution in [0.2, 0.25) is 0 Å². The number of thiophene rings is 2. The molecule has 0 atom stereocenters. The van der Waals surface area contributed by atoms with E-state index >= 15 is 0 Å². The number of halogens is 2. The van der Waals surface area contributed by atoms with E-state index in [-0.39, 0.29) is 10.8 Å². The van der Waals surface area contributed by atoms with Crippen molar-refractivity contribution in [3.8, 4) is 20.9 Å². The molecule has 0 bridgehead atoms. The summed E-state index contributed by atoms with van der Waals surface area (Å²) >= 11 is 8.82. The summed E-state index contributed by atoms with van der Waals surface area (Å²) < 4.78 is 2.79. The highest BCUT2D eigenvalue weighted by atomic mass is 127. The van der Waals surface area contributed by atoms with Gasteiger partial charge in [0.25, 0.3) is 0 Å². The minimum atomic E-state index is 0.108. The molecule has 4 heteroatoms. The number of benzene rings is 1. The van der Waals surface area contributed by atoms with E-state index < -0.39 is 0 Å². The standard InChI is InChI=1S/C20H16I2S2/c1-19(2)11-5-10-12(6-9(11)17-13(19)7-15(21)23-17)20(3,4)14-8-16(22)24-18(10)14/h5-8H,1-4H3. The van der Waals surface area contributed by atoms with Crippen molar-refractivity contribution < 1.29 is 0 Å². The van der Waals surface area contributed by atoms with Crippen LogP contribution in [0.1, 0.15) is 49.9 Å². The summed E-state index contributed by atoms with van der Waals surface area (Å²) in [6.45, 7) is 9.52. The van der Waals surface area contributed by atoms with Gasteiger partial charge in [0.2, 0.25) is 0 Å². The molecule has 2 heterocycles. The van der Waals surface area contributed by atoms with E-state index in [2.05, 4.69) is 97.1 Å². The summed E-state index contributed by atoms with van der Waals surface area (Å²) in [5, 5.41) is 0. The van der Waals surface area contributed by atoms with Crippen LogP contribution in [0.5, 0.6) is 0 Å². The van der Waals surface area contributed by atoms with E-state index in [0.717, 1.165) is 0 Å². The Balaban J connectivity index is 1.86. The van der Waals surface area contributed by atoms with Crippen molar-refractivity contribution in [2.24, 2.45) is 0 Å². The van der Waals surface area contributed by atoms with Gasteiger partial charge in [0.15, 0.2) is 0 Å². The number of rotatable bonds is 0. The molecule has 0 saturated carbocycles. The van der Waals surface area contributed by atoms with E-state index in [1.165, 1.54) is 48.9 Å². The van der Waals surface area contributed by atoms with E-state index in [9.17, 15) is 0 Å². The van der Waals surface area contributed by atoms with Crippen molar-refractivity contribution in [2.75, 3.05) is 0 Å². The zero-order chi connectivity index (χ0) is 17.0. The van der Waals surface area contributed by atoms with Crippen LogP contribution >= 0.6 is 67.9 Å². The van der Waals surface area contributed by atoms with Crippen LogP contribution in [0.3, 0.4) is 0 Å². The zero-order valence-corrected chi connectivity index (χ0v) is 19.8. The van der Waals surface area contributed by atoms with Gasteiger partial charge >= 0.3 is 0 Å². The molecule has 2 aromatic heterocycles. The fourth-order valence-corrected chi connectivity index (χ4v) is 8.44. The average Bonchev–Trinajstić information content (AvgIpc) is 3.17. The topological polar surface area (TPSA) is 0 Å². The second-order valence-corrected chi connectivity index (χ2v) is 13.7. The summed E-state index contributed by atoms with van der Waals surface area (Å²) in [6, 6.07) is 9.78. The van der Waals surface area contributed by atoms with E-state index in [0.29, 0.717) is 0 Å². The highest BCUT2D eigenvalue weighted by Crippen LogP contribution is 2.59. The molecule has 0 saturated heterocycles. The van der Waals surface area contributed by atoms with Crippen LogP contribution in [0.15, 0.2) is 24.3 Å². The molecule has 0 fully saturated rings. The van der Waals surface area contributed by atoms with Gasteiger partial charge in [0.05, 0.1) is 5.77 Å². The molecule has 3 aromatic rings. The first kappa shape index (κ1) is 16.3. The fraction of sp³-hybridized carbons (Fsp3) is 0.300. The largest absolute Gasteiger partial charge is 0.129 e. The van der Waals surface area contributed by atoms with Gasteiger partial charge < -0.3 is 0 Å². The van der Waals surface area contributed by atoms with Crippen molar-refractivity contribution in [3.05, 3.63) is 52.3 Å². The monoisotopic (exact) mass is 574 g/mol. The van der Waals surface area contributed by atoms with Crippen LogP contribution in [0.4, 0.5) is 0 Å². The number of fused-ring (bicyclic) bond motifs is 6. The van der Waals surface area contributed by atoms with E-state index in [1.807, 2.05) is 22.7 Å². The molecule has 2 aliphatic rings. The summed E-state index contributed by atoms with van der Waals surface area (Å²) in [5.41, 5.74) is 9.19. The second-order valence-electron chi connectivity index (χ2n) is 7.78. The Kier molecular flexibility index (Phi) is 3.30. The third-order valence-electron chi connectivity index (χ3n) is 5.74. The summed E-state index contributed by atoms with van der Waals surface area (Å²) in [5.74, 6) is 0. The third-order valence-corrected chi connectivity index (χ3v) is 9.60. The minimum absolute atomic E-state index is 0.108. The SMILES string of the molecule is CC1(C)c2cc3c(cc2-c2sc(I)cc21)C(C)(C)c1cc(I)sc1-3. The predicted molar refractivity (Wildman–Crippen MR) is 123 cm³/mol. The zero-order valence-electron chi connectivity index (χ0n) is 13.9. The molecule has 0 spiro atoms. The molecule has 0 nitrogen and oxygen atoms in total. The van der Waals surface area contributed by atoms with E-state index in [1.54, 1.807) is 0 Å². The molecular formula is C20H16I2S2. The van der Waals surface area contributed by atoms with Crippen molar-refractivity contribution in [2.45, 2.75) is 38.5 Å². The van der Waals surface area contributed by atoms with Crippen molar-refractivity contribution in [1.82, 2.24) is 0 Å². The summed E-state index contributed by atoms with van der Waals surface area (Å²) in [4.78, 5) is 2.98. The second kappa shape index (κ2) is 4.87. The average molecular weight is 574 g/mol. The number of hydrogen-bond donors (Lipinski definition) is 0. The lowest BCUT2D eigenvalue weighted by atomic mass is 9.79. The van der Waals surface area contributed by atoms with Crippen LogP contribution < -0.4 is 0 Å². The Morgan fingerprint density at radius 3 is 1.38 bits per heavy atom. The van der Waals surface area contributed by atoms with Crippen molar-refractivity contribution >= 4 is 67.9 Å². The van der Waals surface area contributed by atoms with Crippen molar-refractivity contribution in [1.29, 1.82) is 0 Å². The van der Waals surface area contributed by atoms with Gasteiger partial charge in [-0.15, -0.1) is 22.7 Å². The Morgan fingerprint density at radius 1 is 0.625 bits per heavy atom. The highest BCUT2D eigenvalue weighted by Gasteiger charge is 2.43. The normalized spacial score (nSPS) is 18.2. The predicted octanol–water partition coefficient (Wildman–Crippen LogP) is 7.63. The Morgan fingerprint density at radius 2 is 1.00 bits per heavy atom. The Hall–Kier alpha value is 0.0800. The lowest BCUT2D eigenvalue weighted by Crippen LogP contribution is -2.16. The van der Waals surface area contributed by atoms with Crippen LogP contribution in [-0.2, 0) is 10.8 Å². The lowest BCUT2D eigenvalue weighted by molar-refractivity contribution is 0.653. The maximum atomic E-state index is 2.50. The number of hydrogen-bond acceptors (Lipinski definition) is 2.